The number of hydrogen-bond donors (Lipinski definition) is 1. The third-order valence-corrected chi connectivity index (χ3v) is 4.05. The summed E-state index contributed by atoms with van der Waals surface area (Å²) in [5, 5.41) is 9.88. The van der Waals surface area contributed by atoms with Crippen LogP contribution in [0.4, 0.5) is 0 Å². The van der Waals surface area contributed by atoms with E-state index in [1.807, 2.05) is 0 Å². The SMILES string of the molecule is COc1ccc(-c2nc(C(=O)O)c(C(C)=O)s2)cc1Cl. The van der Waals surface area contributed by atoms with Crippen molar-refractivity contribution >= 4 is 34.7 Å². The number of aromatic nitrogens is 1. The van der Waals surface area contributed by atoms with Gasteiger partial charge in [-0.3, -0.25) is 4.79 Å². The summed E-state index contributed by atoms with van der Waals surface area (Å²) in [5.41, 5.74) is 0.403. The molecule has 0 aliphatic carbocycles. The molecule has 0 unspecified atom stereocenters. The Labute approximate surface area is 123 Å². The fourth-order valence-electron chi connectivity index (χ4n) is 1.63. The Kier molecular flexibility index (Phi) is 4.06. The van der Waals surface area contributed by atoms with Gasteiger partial charge in [-0.25, -0.2) is 9.78 Å². The lowest BCUT2D eigenvalue weighted by molar-refractivity contribution is 0.0687. The van der Waals surface area contributed by atoms with Gasteiger partial charge in [-0.2, -0.15) is 0 Å². The molecule has 7 heteroatoms. The predicted molar refractivity (Wildman–Crippen MR) is 76.1 cm³/mol. The lowest BCUT2D eigenvalue weighted by Crippen LogP contribution is -2.03. The van der Waals surface area contributed by atoms with Crippen molar-refractivity contribution in [1.82, 2.24) is 4.98 Å². The summed E-state index contributed by atoms with van der Waals surface area (Å²) in [6.45, 7) is 1.31. The monoisotopic (exact) mass is 311 g/mol. The number of hydrogen-bond acceptors (Lipinski definition) is 5. The normalized spacial score (nSPS) is 10.3. The van der Waals surface area contributed by atoms with Crippen molar-refractivity contribution in [2.75, 3.05) is 7.11 Å². The summed E-state index contributed by atoms with van der Waals surface area (Å²) >= 11 is 7.05. The van der Waals surface area contributed by atoms with Gasteiger partial charge in [0, 0.05) is 12.5 Å². The molecule has 1 aromatic heterocycles. The summed E-state index contributed by atoms with van der Waals surface area (Å²) in [5.74, 6) is -1.04. The molecule has 0 saturated carbocycles. The van der Waals surface area contributed by atoms with E-state index in [4.69, 9.17) is 21.4 Å². The van der Waals surface area contributed by atoms with Gasteiger partial charge in [0.25, 0.3) is 0 Å². The van der Waals surface area contributed by atoms with E-state index in [1.165, 1.54) is 14.0 Å². The summed E-state index contributed by atoms with van der Waals surface area (Å²) in [6.07, 6.45) is 0. The van der Waals surface area contributed by atoms with Crippen LogP contribution in [0.25, 0.3) is 10.6 Å². The topological polar surface area (TPSA) is 76.5 Å². The second-order valence-electron chi connectivity index (χ2n) is 3.91. The second kappa shape index (κ2) is 5.60. The first-order valence-corrected chi connectivity index (χ1v) is 6.72. The molecule has 0 fully saturated rings. The maximum absolute atomic E-state index is 11.4. The van der Waals surface area contributed by atoms with Gasteiger partial charge in [-0.05, 0) is 18.2 Å². The van der Waals surface area contributed by atoms with Gasteiger partial charge in [0.1, 0.15) is 15.6 Å². The molecule has 1 aromatic carbocycles. The van der Waals surface area contributed by atoms with E-state index in [1.54, 1.807) is 18.2 Å². The van der Waals surface area contributed by atoms with Gasteiger partial charge in [-0.15, -0.1) is 11.3 Å². The minimum Gasteiger partial charge on any atom is -0.495 e. The highest BCUT2D eigenvalue weighted by atomic mass is 35.5. The first-order valence-electron chi connectivity index (χ1n) is 5.53. The van der Waals surface area contributed by atoms with E-state index in [0.29, 0.717) is 21.3 Å². The van der Waals surface area contributed by atoms with E-state index in [2.05, 4.69) is 4.98 Å². The highest BCUT2D eigenvalue weighted by Crippen LogP contribution is 2.33. The molecule has 5 nitrogen and oxygen atoms in total. The minimum atomic E-state index is -1.22. The van der Waals surface area contributed by atoms with Crippen molar-refractivity contribution < 1.29 is 19.4 Å². The van der Waals surface area contributed by atoms with Gasteiger partial charge in [0.05, 0.1) is 12.1 Å². The first kappa shape index (κ1) is 14.5. The number of aromatic carboxylic acids is 1. The number of benzene rings is 1. The molecular formula is C13H10ClNO4S. The van der Waals surface area contributed by atoms with Crippen molar-refractivity contribution in [2.45, 2.75) is 6.92 Å². The van der Waals surface area contributed by atoms with Gasteiger partial charge < -0.3 is 9.84 Å². The molecule has 1 N–H and O–H groups in total. The molecule has 0 bridgehead atoms. The molecule has 20 heavy (non-hydrogen) atoms. The number of carboxylic acids is 1. The Bertz CT molecular complexity index is 664. The fraction of sp³-hybridized carbons (Fsp3) is 0.154. The number of ketones is 1. The maximum Gasteiger partial charge on any atom is 0.356 e. The Balaban J connectivity index is 2.53. The lowest BCUT2D eigenvalue weighted by atomic mass is 10.2. The Hall–Kier alpha value is -1.92. The molecule has 0 spiro atoms. The van der Waals surface area contributed by atoms with Crippen molar-refractivity contribution in [1.29, 1.82) is 0 Å². The molecule has 1 heterocycles. The van der Waals surface area contributed by atoms with E-state index in [9.17, 15) is 9.59 Å². The quantitative estimate of drug-likeness (QED) is 0.876. The van der Waals surface area contributed by atoms with Crippen LogP contribution < -0.4 is 4.74 Å². The molecule has 0 aliphatic rings. The summed E-state index contributed by atoms with van der Waals surface area (Å²) in [7, 11) is 1.50. The van der Waals surface area contributed by atoms with Crippen LogP contribution in [0.1, 0.15) is 27.1 Å². The van der Waals surface area contributed by atoms with Crippen molar-refractivity contribution in [2.24, 2.45) is 0 Å². The predicted octanol–water partition coefficient (Wildman–Crippen LogP) is 3.37. The molecule has 0 radical (unpaired) electrons. The third-order valence-electron chi connectivity index (χ3n) is 2.55. The van der Waals surface area contributed by atoms with Crippen LogP contribution >= 0.6 is 22.9 Å². The molecule has 2 aromatic rings. The Morgan fingerprint density at radius 2 is 2.10 bits per heavy atom. The molecular weight excluding hydrogens is 302 g/mol. The molecule has 0 atom stereocenters. The van der Waals surface area contributed by atoms with E-state index in [0.717, 1.165) is 11.3 Å². The standard InChI is InChI=1S/C13H10ClNO4S/c1-6(16)11-10(13(17)18)15-12(20-11)7-3-4-9(19-2)8(14)5-7/h3-5H,1-2H3,(H,17,18). The van der Waals surface area contributed by atoms with Crippen molar-refractivity contribution in [3.63, 3.8) is 0 Å². The zero-order valence-corrected chi connectivity index (χ0v) is 12.2. The summed E-state index contributed by atoms with van der Waals surface area (Å²) in [4.78, 5) is 26.6. The number of carbonyl (C=O) groups excluding carboxylic acids is 1. The largest absolute Gasteiger partial charge is 0.495 e. The molecule has 2 rings (SSSR count). The number of methoxy groups -OCH3 is 1. The molecule has 0 saturated heterocycles. The van der Waals surface area contributed by atoms with Crippen LogP contribution in [0.5, 0.6) is 5.75 Å². The number of carbonyl (C=O) groups is 2. The average Bonchev–Trinajstić information content (AvgIpc) is 2.84. The van der Waals surface area contributed by atoms with Crippen LogP contribution in [0.15, 0.2) is 18.2 Å². The average molecular weight is 312 g/mol. The van der Waals surface area contributed by atoms with Crippen LogP contribution in [0, 0.1) is 0 Å². The van der Waals surface area contributed by atoms with Crippen LogP contribution in [0.2, 0.25) is 5.02 Å². The second-order valence-corrected chi connectivity index (χ2v) is 5.31. The molecule has 0 aliphatic heterocycles. The van der Waals surface area contributed by atoms with Crippen LogP contribution in [-0.4, -0.2) is 29.0 Å². The van der Waals surface area contributed by atoms with Crippen molar-refractivity contribution in [3.05, 3.63) is 33.8 Å². The lowest BCUT2D eigenvalue weighted by Gasteiger charge is -2.03. The summed E-state index contributed by atoms with van der Waals surface area (Å²) < 4.78 is 5.04. The number of thiazole rings is 1. The van der Waals surface area contributed by atoms with Gasteiger partial charge in [-0.1, -0.05) is 11.6 Å². The van der Waals surface area contributed by atoms with E-state index >= 15 is 0 Å². The number of nitrogens with zero attached hydrogens (tertiary/aromatic N) is 1. The van der Waals surface area contributed by atoms with Gasteiger partial charge in [0.15, 0.2) is 11.5 Å². The number of rotatable bonds is 4. The maximum atomic E-state index is 11.4. The Morgan fingerprint density at radius 3 is 2.55 bits per heavy atom. The molecule has 0 amide bonds. The zero-order chi connectivity index (χ0) is 14.9. The number of halogens is 1. The van der Waals surface area contributed by atoms with E-state index < -0.39 is 5.97 Å². The van der Waals surface area contributed by atoms with Crippen LogP contribution in [0.3, 0.4) is 0 Å². The molecule has 104 valence electrons. The van der Waals surface area contributed by atoms with Gasteiger partial charge in [0.2, 0.25) is 0 Å². The minimum absolute atomic E-state index is 0.124. The number of carboxylic acid groups (broad SMARTS) is 1. The highest BCUT2D eigenvalue weighted by molar-refractivity contribution is 7.17. The zero-order valence-electron chi connectivity index (χ0n) is 10.6. The van der Waals surface area contributed by atoms with Crippen LogP contribution in [-0.2, 0) is 0 Å². The first-order chi connectivity index (χ1) is 9.43. The smallest absolute Gasteiger partial charge is 0.356 e. The van der Waals surface area contributed by atoms with Gasteiger partial charge >= 0.3 is 5.97 Å². The van der Waals surface area contributed by atoms with Crippen molar-refractivity contribution in [3.8, 4) is 16.3 Å². The van der Waals surface area contributed by atoms with E-state index in [-0.39, 0.29) is 16.4 Å². The summed E-state index contributed by atoms with van der Waals surface area (Å²) in [6, 6.07) is 4.99. The Morgan fingerprint density at radius 1 is 1.40 bits per heavy atom. The fourth-order valence-corrected chi connectivity index (χ4v) is 2.83. The third kappa shape index (κ3) is 2.66. The number of ether oxygens (including phenoxy) is 1. The highest BCUT2D eigenvalue weighted by Gasteiger charge is 2.21. The number of Topliss-reactive ketones (excluding diaryl/α,β-unsaturated/α-hetero) is 1.